The Hall–Kier alpha value is -1.83. The molecule has 2 rings (SSSR count). The van der Waals surface area contributed by atoms with Crippen molar-refractivity contribution in [2.45, 2.75) is 0 Å². The number of aromatic carboxylic acids is 1. The molecule has 0 bridgehead atoms. The van der Waals surface area contributed by atoms with Gasteiger partial charge >= 0.3 is 5.97 Å². The van der Waals surface area contributed by atoms with Crippen LogP contribution >= 0.6 is 15.9 Å². The fourth-order valence-electron chi connectivity index (χ4n) is 2.02. The Balaban J connectivity index is 2.70. The van der Waals surface area contributed by atoms with Crippen molar-refractivity contribution >= 4 is 32.7 Å². The smallest absolute Gasteiger partial charge is 0.343 e. The predicted molar refractivity (Wildman–Crippen MR) is 83.6 cm³/mol. The van der Waals surface area contributed by atoms with Crippen LogP contribution in [-0.2, 0) is 9.47 Å². The second kappa shape index (κ2) is 7.44. The van der Waals surface area contributed by atoms with Gasteiger partial charge in [-0.25, -0.2) is 4.79 Å². The number of rotatable bonds is 7. The zero-order valence-electron chi connectivity index (χ0n) is 12.1. The minimum Gasteiger partial charge on any atom is -0.477 e. The molecule has 118 valence electrons. The number of hydrogen-bond donors (Lipinski definition) is 1. The molecule has 22 heavy (non-hydrogen) atoms. The average molecular weight is 371 g/mol. The molecule has 0 fully saturated rings. The molecule has 0 aliphatic carbocycles. The molecule has 0 saturated heterocycles. The third kappa shape index (κ3) is 3.49. The first-order valence-corrected chi connectivity index (χ1v) is 7.10. The Labute approximate surface area is 135 Å². The van der Waals surface area contributed by atoms with Gasteiger partial charge in [0.2, 0.25) is 0 Å². The number of hydrogen-bond acceptors (Lipinski definition) is 5. The van der Waals surface area contributed by atoms with Crippen molar-refractivity contribution in [1.82, 2.24) is 0 Å². The summed E-state index contributed by atoms with van der Waals surface area (Å²) < 4.78 is 21.4. The molecular weight excluding hydrogens is 356 g/mol. The van der Waals surface area contributed by atoms with E-state index >= 15 is 0 Å². The number of ether oxygens (including phenoxy) is 4. The van der Waals surface area contributed by atoms with Crippen LogP contribution in [0.5, 0.6) is 11.5 Å². The highest BCUT2D eigenvalue weighted by Gasteiger charge is 2.22. The maximum atomic E-state index is 11.6. The lowest BCUT2D eigenvalue weighted by Gasteiger charge is -2.16. The summed E-state index contributed by atoms with van der Waals surface area (Å²) in [6, 6.07) is 7.12. The third-order valence-electron chi connectivity index (χ3n) is 2.89. The summed E-state index contributed by atoms with van der Waals surface area (Å²) in [5, 5.41) is 11.0. The van der Waals surface area contributed by atoms with Gasteiger partial charge in [0.1, 0.15) is 17.1 Å². The summed E-state index contributed by atoms with van der Waals surface area (Å²) in [4.78, 5) is 11.6. The first-order chi connectivity index (χ1) is 10.6. The lowest BCUT2D eigenvalue weighted by Crippen LogP contribution is -2.10. The van der Waals surface area contributed by atoms with Gasteiger partial charge in [-0.2, -0.15) is 0 Å². The Morgan fingerprint density at radius 3 is 2.45 bits per heavy atom. The molecule has 6 nitrogen and oxygen atoms in total. The van der Waals surface area contributed by atoms with Crippen molar-refractivity contribution in [2.75, 3.05) is 27.8 Å². The van der Waals surface area contributed by atoms with Gasteiger partial charge in [-0.1, -0.05) is 22.0 Å². The number of methoxy groups -OCH3 is 2. The van der Waals surface area contributed by atoms with E-state index in [1.807, 2.05) is 12.1 Å². The summed E-state index contributed by atoms with van der Waals surface area (Å²) in [6.45, 7) is -0.137. The number of carbonyl (C=O) groups is 1. The third-order valence-corrected chi connectivity index (χ3v) is 3.38. The summed E-state index contributed by atoms with van der Waals surface area (Å²) in [6.07, 6.45) is 0. The van der Waals surface area contributed by atoms with Crippen molar-refractivity contribution in [1.29, 1.82) is 0 Å². The van der Waals surface area contributed by atoms with E-state index in [1.54, 1.807) is 12.1 Å². The highest BCUT2D eigenvalue weighted by atomic mass is 79.9. The molecule has 7 heteroatoms. The van der Waals surface area contributed by atoms with Gasteiger partial charge in [0.05, 0.1) is 0 Å². The maximum Gasteiger partial charge on any atom is 0.343 e. The molecule has 0 aliphatic heterocycles. The van der Waals surface area contributed by atoms with Gasteiger partial charge in [-0.05, 0) is 23.6 Å². The van der Waals surface area contributed by atoms with Crippen LogP contribution in [0, 0.1) is 0 Å². The molecule has 0 spiro atoms. The molecule has 0 aromatic heterocycles. The van der Waals surface area contributed by atoms with Crippen LogP contribution < -0.4 is 9.47 Å². The first kappa shape index (κ1) is 16.5. The molecule has 0 unspecified atom stereocenters. The topological polar surface area (TPSA) is 74.2 Å². The van der Waals surface area contributed by atoms with Crippen molar-refractivity contribution in [3.05, 3.63) is 34.3 Å². The molecular formula is C15H15BrO6. The van der Waals surface area contributed by atoms with Crippen molar-refractivity contribution in [2.24, 2.45) is 0 Å². The number of carboxylic acid groups (broad SMARTS) is 1. The number of carboxylic acids is 1. The van der Waals surface area contributed by atoms with Crippen LogP contribution in [0.15, 0.2) is 28.7 Å². The Morgan fingerprint density at radius 1 is 1.14 bits per heavy atom. The minimum atomic E-state index is -1.15. The van der Waals surface area contributed by atoms with Crippen molar-refractivity contribution in [3.63, 3.8) is 0 Å². The number of fused-ring (bicyclic) bond motifs is 1. The second-order valence-corrected chi connectivity index (χ2v) is 5.27. The van der Waals surface area contributed by atoms with E-state index in [4.69, 9.17) is 18.9 Å². The highest BCUT2D eigenvalue weighted by Crippen LogP contribution is 2.38. The molecule has 0 aliphatic rings. The summed E-state index contributed by atoms with van der Waals surface area (Å²) in [7, 11) is 2.92. The van der Waals surface area contributed by atoms with E-state index in [2.05, 4.69) is 15.9 Å². The fraction of sp³-hybridized carbons (Fsp3) is 0.267. The average Bonchev–Trinajstić information content (AvgIpc) is 2.49. The van der Waals surface area contributed by atoms with Gasteiger partial charge in [0.25, 0.3) is 0 Å². The second-order valence-electron chi connectivity index (χ2n) is 4.35. The van der Waals surface area contributed by atoms with E-state index in [1.165, 1.54) is 14.2 Å². The molecule has 2 aromatic carbocycles. The standard InChI is InChI=1S/C15H15BrO6/c1-19-7-21-12-5-9-3-4-10(16)6-11(9)14(22-8-20-2)13(12)15(17)18/h3-6H,7-8H2,1-2H3,(H,17,18). The zero-order chi connectivity index (χ0) is 16.1. The maximum absolute atomic E-state index is 11.6. The van der Waals surface area contributed by atoms with E-state index in [-0.39, 0.29) is 30.6 Å². The van der Waals surface area contributed by atoms with Gasteiger partial charge in [0, 0.05) is 24.1 Å². The SMILES string of the molecule is COCOc1cc2ccc(Br)cc2c(OCOC)c1C(=O)O. The van der Waals surface area contributed by atoms with Gasteiger partial charge in [0.15, 0.2) is 13.6 Å². The van der Waals surface area contributed by atoms with E-state index in [0.717, 1.165) is 9.86 Å². The van der Waals surface area contributed by atoms with Crippen LogP contribution in [-0.4, -0.2) is 38.9 Å². The van der Waals surface area contributed by atoms with Gasteiger partial charge < -0.3 is 24.1 Å². The predicted octanol–water partition coefficient (Wildman–Crippen LogP) is 3.27. The van der Waals surface area contributed by atoms with E-state index in [0.29, 0.717) is 5.39 Å². The van der Waals surface area contributed by atoms with Gasteiger partial charge in [-0.15, -0.1) is 0 Å². The first-order valence-electron chi connectivity index (χ1n) is 6.31. The van der Waals surface area contributed by atoms with Crippen LogP contribution in [0.25, 0.3) is 10.8 Å². The van der Waals surface area contributed by atoms with E-state index < -0.39 is 5.97 Å². The molecule has 0 radical (unpaired) electrons. The molecule has 0 atom stereocenters. The Morgan fingerprint density at radius 2 is 1.82 bits per heavy atom. The molecule has 0 amide bonds. The lowest BCUT2D eigenvalue weighted by atomic mass is 10.0. The number of halogens is 1. The largest absolute Gasteiger partial charge is 0.477 e. The zero-order valence-corrected chi connectivity index (χ0v) is 13.7. The molecule has 0 heterocycles. The molecule has 1 N–H and O–H groups in total. The van der Waals surface area contributed by atoms with Crippen molar-refractivity contribution in [3.8, 4) is 11.5 Å². The Kier molecular flexibility index (Phi) is 5.59. The number of benzene rings is 2. The summed E-state index contributed by atoms with van der Waals surface area (Å²) in [5.41, 5.74) is -0.0697. The van der Waals surface area contributed by atoms with Crippen molar-refractivity contribution < 1.29 is 28.8 Å². The highest BCUT2D eigenvalue weighted by molar-refractivity contribution is 9.10. The fourth-order valence-corrected chi connectivity index (χ4v) is 2.38. The monoisotopic (exact) mass is 370 g/mol. The van der Waals surface area contributed by atoms with E-state index in [9.17, 15) is 9.90 Å². The van der Waals surface area contributed by atoms with Gasteiger partial charge in [-0.3, -0.25) is 0 Å². The van der Waals surface area contributed by atoms with Crippen LogP contribution in [0.1, 0.15) is 10.4 Å². The summed E-state index contributed by atoms with van der Waals surface area (Å²) in [5.74, 6) is -0.784. The summed E-state index contributed by atoms with van der Waals surface area (Å²) >= 11 is 3.37. The van der Waals surface area contributed by atoms with Crippen LogP contribution in [0.3, 0.4) is 0 Å². The molecule has 0 saturated carbocycles. The quantitative estimate of drug-likeness (QED) is 0.754. The van der Waals surface area contributed by atoms with Crippen LogP contribution in [0.4, 0.5) is 0 Å². The lowest BCUT2D eigenvalue weighted by molar-refractivity contribution is 0.0426. The van der Waals surface area contributed by atoms with Crippen LogP contribution in [0.2, 0.25) is 0 Å². The molecule has 2 aromatic rings. The Bertz CT molecular complexity index is 685. The normalized spacial score (nSPS) is 10.7. The minimum absolute atomic E-state index is 0.0635.